The summed E-state index contributed by atoms with van der Waals surface area (Å²) in [4.78, 5) is 16.0. The van der Waals surface area contributed by atoms with Gasteiger partial charge in [0.2, 0.25) is 0 Å². The van der Waals surface area contributed by atoms with Crippen molar-refractivity contribution in [1.29, 1.82) is 0 Å². The quantitative estimate of drug-likeness (QED) is 0.416. The summed E-state index contributed by atoms with van der Waals surface area (Å²) in [5.74, 6) is 0. The van der Waals surface area contributed by atoms with Gasteiger partial charge in [0.15, 0.2) is 0 Å². The van der Waals surface area contributed by atoms with Gasteiger partial charge in [-0.05, 0) is 72.8 Å². The SMILES string of the molecule is C1=Cc2cc3ccc(cc4ccc(cc5nc(cc1n2)C=C5)[nH]4)[nH]3.[O]=[V]. The minimum atomic E-state index is 0.915. The van der Waals surface area contributed by atoms with E-state index in [9.17, 15) is 0 Å². The van der Waals surface area contributed by atoms with Crippen molar-refractivity contribution >= 4 is 46.4 Å². The van der Waals surface area contributed by atoms with Gasteiger partial charge in [0.25, 0.3) is 0 Å². The van der Waals surface area contributed by atoms with E-state index < -0.39 is 0 Å². The fourth-order valence-corrected chi connectivity index (χ4v) is 2.94. The Morgan fingerprint density at radius 2 is 0.885 bits per heavy atom. The molecule has 0 unspecified atom stereocenters. The molecular formula is C20H14N4OV. The Labute approximate surface area is 158 Å². The van der Waals surface area contributed by atoms with Crippen LogP contribution in [0, 0.1) is 0 Å². The minimum absolute atomic E-state index is 0.915. The Kier molecular flexibility index (Phi) is 4.48. The van der Waals surface area contributed by atoms with Gasteiger partial charge in [0, 0.05) is 22.1 Å². The predicted molar refractivity (Wildman–Crippen MR) is 99.5 cm³/mol. The number of hydrogen-bond acceptors (Lipinski definition) is 3. The number of aromatic amines is 2. The molecule has 5 nitrogen and oxygen atoms in total. The van der Waals surface area contributed by atoms with E-state index in [1.165, 1.54) is 0 Å². The summed E-state index contributed by atoms with van der Waals surface area (Å²) >= 11 is 1.06. The standard InChI is InChI=1S/C20H14N4.O.V/c1-2-14-10-16-5-6-18(23-16)12-20-8-7-19(24-20)11-17-4-3-15(22-17)9-13(1)21-14;;/h1-12,21-22H;;. The Hall–Kier alpha value is -3.02. The zero-order valence-corrected chi connectivity index (χ0v) is 15.1. The normalized spacial score (nSPS) is 11.8. The zero-order valence-electron chi connectivity index (χ0n) is 13.7. The van der Waals surface area contributed by atoms with Gasteiger partial charge in [-0.25, -0.2) is 9.97 Å². The molecule has 0 saturated heterocycles. The van der Waals surface area contributed by atoms with Crippen molar-refractivity contribution in [3.63, 3.8) is 0 Å². The molecular weight excluding hydrogens is 363 g/mol. The zero-order chi connectivity index (χ0) is 17.9. The van der Waals surface area contributed by atoms with Crippen LogP contribution in [0.3, 0.4) is 0 Å². The van der Waals surface area contributed by atoms with Gasteiger partial charge in [-0.1, -0.05) is 0 Å². The van der Waals surface area contributed by atoms with E-state index in [1.807, 2.05) is 42.5 Å². The molecule has 5 rings (SSSR count). The van der Waals surface area contributed by atoms with Crippen molar-refractivity contribution in [2.24, 2.45) is 0 Å². The predicted octanol–water partition coefficient (Wildman–Crippen LogP) is 4.53. The van der Waals surface area contributed by atoms with Crippen molar-refractivity contribution in [3.05, 3.63) is 71.3 Å². The fourth-order valence-electron chi connectivity index (χ4n) is 2.94. The molecule has 0 spiro atoms. The molecule has 0 atom stereocenters. The van der Waals surface area contributed by atoms with Gasteiger partial charge in [-0.15, -0.1) is 0 Å². The number of fused-ring (bicyclic) bond motifs is 8. The van der Waals surface area contributed by atoms with E-state index in [1.54, 1.807) is 0 Å². The third kappa shape index (κ3) is 3.49. The van der Waals surface area contributed by atoms with Gasteiger partial charge < -0.3 is 9.97 Å². The summed E-state index contributed by atoms with van der Waals surface area (Å²) in [6.07, 6.45) is 8.05. The van der Waals surface area contributed by atoms with Crippen molar-refractivity contribution in [1.82, 2.24) is 19.9 Å². The summed E-state index contributed by atoms with van der Waals surface area (Å²) in [5.41, 5.74) is 7.86. The summed E-state index contributed by atoms with van der Waals surface area (Å²) in [6, 6.07) is 16.4. The second-order valence-electron chi connectivity index (χ2n) is 5.91. The second kappa shape index (κ2) is 7.08. The van der Waals surface area contributed by atoms with Crippen LogP contribution < -0.4 is 0 Å². The molecule has 0 aromatic carbocycles. The number of rotatable bonds is 0. The molecule has 2 N–H and O–H groups in total. The average molecular weight is 377 g/mol. The van der Waals surface area contributed by atoms with Gasteiger partial charge in [-0.3, -0.25) is 0 Å². The third-order valence-corrected chi connectivity index (χ3v) is 4.04. The number of nitrogens with zero attached hydrogens (tertiary/aromatic N) is 2. The van der Waals surface area contributed by atoms with Crippen LogP contribution in [0.25, 0.3) is 46.4 Å². The van der Waals surface area contributed by atoms with E-state index in [0.29, 0.717) is 0 Å². The van der Waals surface area contributed by atoms with Gasteiger partial charge in [0.1, 0.15) is 0 Å². The van der Waals surface area contributed by atoms with Crippen molar-refractivity contribution in [3.8, 4) is 0 Å². The molecule has 0 saturated carbocycles. The number of H-pyrrole nitrogens is 2. The summed E-state index contributed by atoms with van der Waals surface area (Å²) in [6.45, 7) is 0. The summed E-state index contributed by atoms with van der Waals surface area (Å²) in [5, 5.41) is 0. The molecule has 2 aliphatic heterocycles. The molecule has 0 fully saturated rings. The van der Waals surface area contributed by atoms with E-state index in [4.69, 9.17) is 3.67 Å². The summed E-state index contributed by atoms with van der Waals surface area (Å²) in [7, 11) is 0. The maximum absolute atomic E-state index is 8.19. The molecule has 3 aromatic rings. The first-order valence-electron chi connectivity index (χ1n) is 8.03. The Morgan fingerprint density at radius 1 is 0.538 bits per heavy atom. The molecule has 5 heterocycles. The van der Waals surface area contributed by atoms with Gasteiger partial charge in [-0.2, -0.15) is 0 Å². The molecule has 26 heavy (non-hydrogen) atoms. The average Bonchev–Trinajstić information content (AvgIpc) is 3.42. The molecule has 0 aliphatic carbocycles. The van der Waals surface area contributed by atoms with Crippen LogP contribution in [0.2, 0.25) is 0 Å². The third-order valence-electron chi connectivity index (χ3n) is 4.04. The first-order chi connectivity index (χ1) is 12.8. The van der Waals surface area contributed by atoms with Crippen LogP contribution in [0.4, 0.5) is 0 Å². The van der Waals surface area contributed by atoms with Crippen LogP contribution in [0.5, 0.6) is 0 Å². The van der Waals surface area contributed by atoms with Crippen molar-refractivity contribution < 1.29 is 21.0 Å². The Balaban J connectivity index is 0.000000814. The molecule has 0 radical (unpaired) electrons. The van der Waals surface area contributed by atoms with E-state index >= 15 is 0 Å². The number of aromatic nitrogens is 4. The van der Waals surface area contributed by atoms with Crippen LogP contribution in [0.15, 0.2) is 48.5 Å². The molecule has 2 aliphatic rings. The fraction of sp³-hybridized carbons (Fsp3) is 0. The number of hydrogen-bond donors (Lipinski definition) is 2. The molecule has 3 aromatic heterocycles. The van der Waals surface area contributed by atoms with Crippen LogP contribution in [0.1, 0.15) is 22.8 Å². The van der Waals surface area contributed by atoms with Crippen LogP contribution in [-0.2, 0) is 21.0 Å². The Bertz CT molecular complexity index is 1100. The van der Waals surface area contributed by atoms with Crippen LogP contribution in [-0.4, -0.2) is 19.9 Å². The summed E-state index contributed by atoms with van der Waals surface area (Å²) < 4.78 is 8.19. The van der Waals surface area contributed by atoms with Gasteiger partial charge in [0.05, 0.1) is 22.8 Å². The first-order valence-corrected chi connectivity index (χ1v) is 8.60. The van der Waals surface area contributed by atoms with E-state index in [0.717, 1.165) is 62.2 Å². The monoisotopic (exact) mass is 377 g/mol. The second-order valence-corrected chi connectivity index (χ2v) is 5.91. The van der Waals surface area contributed by atoms with Crippen molar-refractivity contribution in [2.45, 2.75) is 0 Å². The number of nitrogens with one attached hydrogen (secondary N) is 2. The van der Waals surface area contributed by atoms with Crippen LogP contribution >= 0.6 is 0 Å². The first kappa shape index (κ1) is 16.5. The molecule has 125 valence electrons. The van der Waals surface area contributed by atoms with E-state index in [2.05, 4.69) is 50.3 Å². The van der Waals surface area contributed by atoms with Crippen molar-refractivity contribution in [2.75, 3.05) is 0 Å². The maximum atomic E-state index is 8.19. The molecule has 6 heteroatoms. The molecule has 0 amide bonds. The van der Waals surface area contributed by atoms with E-state index in [-0.39, 0.29) is 0 Å². The van der Waals surface area contributed by atoms with Gasteiger partial charge >= 0.3 is 21.0 Å². The molecule has 8 bridgehead atoms. The Morgan fingerprint density at radius 3 is 1.31 bits per heavy atom. The topological polar surface area (TPSA) is 74.4 Å².